The summed E-state index contributed by atoms with van der Waals surface area (Å²) < 4.78 is -3.34. The Balaban J connectivity index is 2.04. The molecule has 0 bridgehead atoms. The molecule has 26 heavy (non-hydrogen) atoms. The summed E-state index contributed by atoms with van der Waals surface area (Å²) in [6.45, 7) is 3.00. The van der Waals surface area contributed by atoms with E-state index in [4.69, 9.17) is 69.6 Å². The maximum Gasteiger partial charge on any atom is 0.317 e. The minimum Gasteiger partial charge on any atom is -0.318 e. The first-order valence-corrected chi connectivity index (χ1v) is 11.0. The fourth-order valence-corrected chi connectivity index (χ4v) is 4.56. The first-order valence-electron chi connectivity index (χ1n) is 8.77. The topological polar surface area (TPSA) is 47.6 Å². The summed E-state index contributed by atoms with van der Waals surface area (Å²) >= 11 is 36.7. The van der Waals surface area contributed by atoms with Crippen LogP contribution in [0.2, 0.25) is 0 Å². The molecule has 2 fully saturated rings. The van der Waals surface area contributed by atoms with E-state index in [2.05, 4.69) is 10.6 Å². The van der Waals surface area contributed by atoms with Crippen molar-refractivity contribution >= 4 is 75.6 Å². The van der Waals surface area contributed by atoms with Crippen molar-refractivity contribution in [3.63, 3.8) is 0 Å². The van der Waals surface area contributed by atoms with Crippen LogP contribution in [-0.4, -0.2) is 61.9 Å². The Labute approximate surface area is 184 Å². The zero-order chi connectivity index (χ0) is 19.4. The molecule has 152 valence electrons. The minimum atomic E-state index is -1.67. The lowest BCUT2D eigenvalue weighted by molar-refractivity contribution is 0.123. The van der Waals surface area contributed by atoms with Crippen molar-refractivity contribution in [3.8, 4) is 0 Å². The van der Waals surface area contributed by atoms with Crippen LogP contribution in [0.4, 0.5) is 4.79 Å². The van der Waals surface area contributed by atoms with Gasteiger partial charge in [0.1, 0.15) is 12.3 Å². The number of hydrogen-bond donors (Lipinski definition) is 2. The highest BCUT2D eigenvalue weighted by Crippen LogP contribution is 2.35. The van der Waals surface area contributed by atoms with Gasteiger partial charge in [0, 0.05) is 26.2 Å². The van der Waals surface area contributed by atoms with Gasteiger partial charge in [0.25, 0.3) is 0 Å². The van der Waals surface area contributed by atoms with Crippen LogP contribution in [0, 0.1) is 0 Å². The summed E-state index contributed by atoms with van der Waals surface area (Å²) in [6, 6.07) is -0.534. The van der Waals surface area contributed by atoms with Crippen LogP contribution >= 0.6 is 69.6 Å². The Morgan fingerprint density at radius 2 is 0.962 bits per heavy atom. The van der Waals surface area contributed by atoms with Gasteiger partial charge in [-0.2, -0.15) is 0 Å². The van der Waals surface area contributed by atoms with Crippen LogP contribution in [0.5, 0.6) is 0 Å². The second-order valence-electron chi connectivity index (χ2n) is 6.70. The maximum absolute atomic E-state index is 12.6. The van der Waals surface area contributed by atoms with Gasteiger partial charge in [-0.1, -0.05) is 82.4 Å². The molecule has 0 radical (unpaired) electrons. The average molecular weight is 489 g/mol. The van der Waals surface area contributed by atoms with Crippen LogP contribution in [0.15, 0.2) is 0 Å². The molecule has 0 aromatic rings. The second kappa shape index (κ2) is 10.1. The van der Waals surface area contributed by atoms with E-state index in [0.29, 0.717) is 0 Å². The number of carbonyl (C=O) groups excluding carboxylic acids is 1. The van der Waals surface area contributed by atoms with E-state index in [1.807, 2.05) is 9.80 Å². The summed E-state index contributed by atoms with van der Waals surface area (Å²) in [5.41, 5.74) is 0. The van der Waals surface area contributed by atoms with Crippen molar-refractivity contribution in [2.24, 2.45) is 0 Å². The van der Waals surface area contributed by atoms with Crippen molar-refractivity contribution in [1.82, 2.24) is 20.4 Å². The summed E-state index contributed by atoms with van der Waals surface area (Å²) in [5.74, 6) is 0. The van der Waals surface area contributed by atoms with E-state index in [1.165, 1.54) is 0 Å². The van der Waals surface area contributed by atoms with E-state index in [-0.39, 0.29) is 0 Å². The Bertz CT molecular complexity index is 418. The molecule has 0 aliphatic carbocycles. The van der Waals surface area contributed by atoms with Crippen molar-refractivity contribution in [2.45, 2.75) is 58.4 Å². The molecule has 11 heteroatoms. The zero-order valence-corrected chi connectivity index (χ0v) is 18.8. The number of urea groups is 1. The van der Waals surface area contributed by atoms with E-state index in [0.717, 1.165) is 64.7 Å². The Morgan fingerprint density at radius 3 is 1.23 bits per heavy atom. The lowest BCUT2D eigenvalue weighted by atomic mass is 10.1. The molecule has 0 aromatic heterocycles. The third-order valence-corrected chi connectivity index (χ3v) is 5.91. The highest BCUT2D eigenvalue weighted by molar-refractivity contribution is 6.68. The van der Waals surface area contributed by atoms with E-state index in [1.54, 1.807) is 0 Å². The quantitative estimate of drug-likeness (QED) is 0.566. The molecule has 5 nitrogen and oxygen atoms in total. The first-order chi connectivity index (χ1) is 12.1. The number of halogens is 6. The SMILES string of the molecule is O=C(N[C@H](N1CCCCC1)C(Cl)(Cl)Cl)N[C@H](N1CCCCC1)C(Cl)(Cl)Cl. The molecule has 2 aliphatic rings. The van der Waals surface area contributed by atoms with Gasteiger partial charge >= 0.3 is 6.03 Å². The fraction of sp³-hybridized carbons (Fsp3) is 0.933. The van der Waals surface area contributed by atoms with Gasteiger partial charge in [-0.3, -0.25) is 9.80 Å². The van der Waals surface area contributed by atoms with Gasteiger partial charge < -0.3 is 10.6 Å². The van der Waals surface area contributed by atoms with Crippen molar-refractivity contribution in [2.75, 3.05) is 26.2 Å². The molecule has 0 unspecified atom stereocenters. The van der Waals surface area contributed by atoms with Crippen LogP contribution in [0.1, 0.15) is 38.5 Å². The smallest absolute Gasteiger partial charge is 0.317 e. The third kappa shape index (κ3) is 7.07. The Morgan fingerprint density at radius 1 is 0.654 bits per heavy atom. The highest BCUT2D eigenvalue weighted by atomic mass is 35.6. The van der Waals surface area contributed by atoms with Crippen LogP contribution in [-0.2, 0) is 0 Å². The molecule has 2 aliphatic heterocycles. The molecule has 0 aromatic carbocycles. The summed E-state index contributed by atoms with van der Waals surface area (Å²) in [5, 5.41) is 5.49. The molecule has 2 heterocycles. The van der Waals surface area contributed by atoms with E-state index < -0.39 is 25.9 Å². The first kappa shape index (κ1) is 23.2. The van der Waals surface area contributed by atoms with Gasteiger partial charge in [-0.05, 0) is 25.7 Å². The van der Waals surface area contributed by atoms with E-state index in [9.17, 15) is 4.79 Å². The number of alkyl halides is 6. The molecule has 2 atom stereocenters. The molecule has 2 saturated heterocycles. The zero-order valence-electron chi connectivity index (χ0n) is 14.3. The molecule has 0 saturated carbocycles. The van der Waals surface area contributed by atoms with Crippen LogP contribution in [0.25, 0.3) is 0 Å². The van der Waals surface area contributed by atoms with Gasteiger partial charge in [0.2, 0.25) is 7.59 Å². The standard InChI is InChI=1S/C15H24Cl6N4O/c16-14(17,18)11(24-7-3-1-4-8-24)22-13(26)23-12(15(19,20)21)25-9-5-2-6-10-25/h11-12H,1-10H2,(H2,22,23,26)/t11-,12-/m1/s1. The van der Waals surface area contributed by atoms with Gasteiger partial charge in [-0.25, -0.2) is 4.79 Å². The lowest BCUT2D eigenvalue weighted by Crippen LogP contribution is -2.63. The number of amides is 2. The Kier molecular flexibility index (Phi) is 9.02. The second-order valence-corrected chi connectivity index (χ2v) is 11.4. The van der Waals surface area contributed by atoms with Crippen molar-refractivity contribution in [1.29, 1.82) is 0 Å². The summed E-state index contributed by atoms with van der Waals surface area (Å²) in [7, 11) is 0. The number of nitrogens with zero attached hydrogens (tertiary/aromatic N) is 2. The predicted molar refractivity (Wildman–Crippen MR) is 111 cm³/mol. The maximum atomic E-state index is 12.6. The average Bonchev–Trinajstić information content (AvgIpc) is 2.57. The molecule has 2 amide bonds. The van der Waals surface area contributed by atoms with Crippen molar-refractivity contribution in [3.05, 3.63) is 0 Å². The van der Waals surface area contributed by atoms with Gasteiger partial charge in [0.05, 0.1) is 0 Å². The van der Waals surface area contributed by atoms with Gasteiger partial charge in [-0.15, -0.1) is 0 Å². The van der Waals surface area contributed by atoms with Crippen molar-refractivity contribution < 1.29 is 4.79 Å². The normalized spacial score (nSPS) is 23.3. The predicted octanol–water partition coefficient (Wildman–Crippen LogP) is 4.65. The number of likely N-dealkylation sites (tertiary alicyclic amines) is 2. The van der Waals surface area contributed by atoms with Crippen LogP contribution < -0.4 is 10.6 Å². The molecule has 2 rings (SSSR count). The lowest BCUT2D eigenvalue weighted by Gasteiger charge is -2.41. The number of rotatable bonds is 4. The highest BCUT2D eigenvalue weighted by Gasteiger charge is 2.42. The number of piperidine rings is 2. The monoisotopic (exact) mass is 486 g/mol. The fourth-order valence-electron chi connectivity index (χ4n) is 3.40. The Hall–Kier alpha value is 0.930. The summed E-state index contributed by atoms with van der Waals surface area (Å²) in [6.07, 6.45) is 4.70. The summed E-state index contributed by atoms with van der Waals surface area (Å²) in [4.78, 5) is 16.5. The number of carbonyl (C=O) groups is 1. The molecule has 0 spiro atoms. The van der Waals surface area contributed by atoms with Crippen LogP contribution in [0.3, 0.4) is 0 Å². The van der Waals surface area contributed by atoms with Gasteiger partial charge in [0.15, 0.2) is 0 Å². The van der Waals surface area contributed by atoms with E-state index >= 15 is 0 Å². The molecule has 2 N–H and O–H groups in total. The minimum absolute atomic E-state index is 0.534. The molecular weight excluding hydrogens is 465 g/mol. The number of nitrogens with one attached hydrogen (secondary N) is 2. The number of hydrogen-bond acceptors (Lipinski definition) is 3. The molecular formula is C15H24Cl6N4O. The largest absolute Gasteiger partial charge is 0.318 e. The third-order valence-electron chi connectivity index (χ3n) is 4.67.